The van der Waals surface area contributed by atoms with Gasteiger partial charge in [-0.05, 0) is 12.1 Å². The summed E-state index contributed by atoms with van der Waals surface area (Å²) in [6.07, 6.45) is 0. The summed E-state index contributed by atoms with van der Waals surface area (Å²) < 4.78 is 0. The average molecular weight is 163 g/mol. The lowest BCUT2D eigenvalue weighted by atomic mass is 10.3. The van der Waals surface area contributed by atoms with Crippen LogP contribution in [-0.4, -0.2) is 18.1 Å². The van der Waals surface area contributed by atoms with Crippen LogP contribution in [0.1, 0.15) is 11.4 Å². The third-order valence-electron chi connectivity index (χ3n) is 1.96. The third-order valence-corrected chi connectivity index (χ3v) is 1.96. The molecule has 2 N–H and O–H groups in total. The molecule has 0 saturated carbocycles. The summed E-state index contributed by atoms with van der Waals surface area (Å²) in [6, 6.07) is 6.18. The van der Waals surface area contributed by atoms with Crippen molar-refractivity contribution in [3.05, 3.63) is 29.6 Å². The summed E-state index contributed by atoms with van der Waals surface area (Å²) in [7, 11) is 0. The number of pyridine rings is 1. The first-order chi connectivity index (χ1) is 5.95. The van der Waals surface area contributed by atoms with Crippen molar-refractivity contribution >= 4 is 0 Å². The molecule has 0 aliphatic carbocycles. The lowest BCUT2D eigenvalue weighted by Gasteiger charge is -2.00. The molecular weight excluding hydrogens is 150 g/mol. The zero-order valence-electron chi connectivity index (χ0n) is 7.01. The van der Waals surface area contributed by atoms with Gasteiger partial charge in [0.25, 0.3) is 0 Å². The second-order valence-electron chi connectivity index (χ2n) is 2.97. The topological polar surface area (TPSA) is 37.0 Å². The van der Waals surface area contributed by atoms with E-state index in [0.29, 0.717) is 0 Å². The largest absolute Gasteiger partial charge is 0.310 e. The maximum atomic E-state index is 4.47. The van der Waals surface area contributed by atoms with E-state index >= 15 is 0 Å². The van der Waals surface area contributed by atoms with Crippen molar-refractivity contribution in [1.82, 2.24) is 15.6 Å². The lowest BCUT2D eigenvalue weighted by molar-refractivity contribution is 0.621. The van der Waals surface area contributed by atoms with Crippen molar-refractivity contribution in [2.75, 3.05) is 13.1 Å². The van der Waals surface area contributed by atoms with Gasteiger partial charge in [0.1, 0.15) is 0 Å². The Kier molecular flexibility index (Phi) is 2.34. The van der Waals surface area contributed by atoms with Crippen molar-refractivity contribution in [3.8, 4) is 0 Å². The van der Waals surface area contributed by atoms with Gasteiger partial charge in [0.15, 0.2) is 0 Å². The van der Waals surface area contributed by atoms with Gasteiger partial charge in [-0.3, -0.25) is 4.98 Å². The minimum atomic E-state index is 0.884. The van der Waals surface area contributed by atoms with E-state index in [-0.39, 0.29) is 0 Å². The smallest absolute Gasteiger partial charge is 0.0545 e. The predicted molar refractivity (Wildman–Crippen MR) is 47.7 cm³/mol. The average Bonchev–Trinajstić information content (AvgIpc) is 2.17. The first-order valence-corrected chi connectivity index (χ1v) is 4.31. The molecule has 12 heavy (non-hydrogen) atoms. The minimum absolute atomic E-state index is 0.884. The van der Waals surface area contributed by atoms with E-state index in [9.17, 15) is 0 Å². The molecule has 0 fully saturated rings. The number of fused-ring (bicyclic) bond motifs is 2. The van der Waals surface area contributed by atoms with Crippen LogP contribution in [0, 0.1) is 0 Å². The quantitative estimate of drug-likeness (QED) is 0.576. The van der Waals surface area contributed by atoms with Gasteiger partial charge in [-0.1, -0.05) is 6.07 Å². The van der Waals surface area contributed by atoms with Crippen molar-refractivity contribution in [2.45, 2.75) is 13.1 Å². The normalized spacial score (nSPS) is 17.7. The number of hydrogen-bond acceptors (Lipinski definition) is 3. The van der Waals surface area contributed by atoms with Gasteiger partial charge >= 0.3 is 0 Å². The minimum Gasteiger partial charge on any atom is -0.310 e. The van der Waals surface area contributed by atoms with Gasteiger partial charge in [-0.2, -0.15) is 0 Å². The molecule has 0 amide bonds. The molecule has 1 aliphatic rings. The summed E-state index contributed by atoms with van der Waals surface area (Å²) in [6.45, 7) is 3.80. The summed E-state index contributed by atoms with van der Waals surface area (Å²) in [5.74, 6) is 0. The highest BCUT2D eigenvalue weighted by Gasteiger charge is 2.00. The fourth-order valence-electron chi connectivity index (χ4n) is 1.34. The standard InChI is InChI=1S/C9H13N3/c1-2-8-6-10-4-5-11-7-9(3-1)12-8/h1-3,10-11H,4-7H2. The SMILES string of the molecule is c1cc2nc(c1)CNCCNC2. The summed E-state index contributed by atoms with van der Waals surface area (Å²) in [5, 5.41) is 6.62. The Morgan fingerprint density at radius 2 is 1.58 bits per heavy atom. The van der Waals surface area contributed by atoms with E-state index in [1.54, 1.807) is 0 Å². The maximum Gasteiger partial charge on any atom is 0.0545 e. The molecule has 64 valence electrons. The van der Waals surface area contributed by atoms with Crippen LogP contribution in [0.3, 0.4) is 0 Å². The zero-order chi connectivity index (χ0) is 8.23. The van der Waals surface area contributed by atoms with Crippen LogP contribution in [0.15, 0.2) is 18.2 Å². The van der Waals surface area contributed by atoms with E-state index < -0.39 is 0 Å². The van der Waals surface area contributed by atoms with Crippen molar-refractivity contribution in [1.29, 1.82) is 0 Å². The van der Waals surface area contributed by atoms with Crippen molar-refractivity contribution in [2.24, 2.45) is 0 Å². The van der Waals surface area contributed by atoms with E-state index in [2.05, 4.69) is 33.8 Å². The monoisotopic (exact) mass is 163 g/mol. The van der Waals surface area contributed by atoms with Gasteiger partial charge < -0.3 is 10.6 Å². The van der Waals surface area contributed by atoms with Gasteiger partial charge in [0.2, 0.25) is 0 Å². The zero-order valence-corrected chi connectivity index (χ0v) is 7.01. The highest BCUT2D eigenvalue weighted by Crippen LogP contribution is 1.99. The summed E-state index contributed by atoms with van der Waals surface area (Å²) >= 11 is 0. The van der Waals surface area contributed by atoms with E-state index in [1.165, 1.54) is 0 Å². The fraction of sp³-hybridized carbons (Fsp3) is 0.444. The molecule has 2 bridgehead atoms. The molecule has 0 spiro atoms. The highest BCUT2D eigenvalue weighted by molar-refractivity contribution is 5.11. The van der Waals surface area contributed by atoms with Crippen LogP contribution < -0.4 is 10.6 Å². The van der Waals surface area contributed by atoms with E-state index in [0.717, 1.165) is 37.6 Å². The second kappa shape index (κ2) is 3.65. The van der Waals surface area contributed by atoms with Crippen LogP contribution in [0.4, 0.5) is 0 Å². The predicted octanol–water partition coefficient (Wildman–Crippen LogP) is 0.274. The van der Waals surface area contributed by atoms with Gasteiger partial charge in [0.05, 0.1) is 11.4 Å². The Hall–Kier alpha value is -0.930. The van der Waals surface area contributed by atoms with Crippen molar-refractivity contribution < 1.29 is 0 Å². The number of nitrogens with zero attached hydrogens (tertiary/aromatic N) is 1. The van der Waals surface area contributed by atoms with Crippen LogP contribution in [0.25, 0.3) is 0 Å². The van der Waals surface area contributed by atoms with Gasteiger partial charge in [-0.15, -0.1) is 0 Å². The van der Waals surface area contributed by atoms with Crippen molar-refractivity contribution in [3.63, 3.8) is 0 Å². The first kappa shape index (κ1) is 7.71. The number of aromatic nitrogens is 1. The number of hydrogen-bond donors (Lipinski definition) is 2. The number of nitrogens with one attached hydrogen (secondary N) is 2. The van der Waals surface area contributed by atoms with E-state index in [1.807, 2.05) is 0 Å². The number of rotatable bonds is 0. The van der Waals surface area contributed by atoms with E-state index in [4.69, 9.17) is 0 Å². The molecule has 1 aliphatic heterocycles. The molecule has 0 radical (unpaired) electrons. The first-order valence-electron chi connectivity index (χ1n) is 4.31. The Morgan fingerprint density at radius 3 is 2.17 bits per heavy atom. The van der Waals surface area contributed by atoms with Crippen LogP contribution in [0.5, 0.6) is 0 Å². The Balaban J connectivity index is 2.21. The molecular formula is C9H13N3. The molecule has 3 heteroatoms. The van der Waals surface area contributed by atoms with Crippen LogP contribution in [-0.2, 0) is 13.1 Å². The maximum absolute atomic E-state index is 4.47. The summed E-state index contributed by atoms with van der Waals surface area (Å²) in [5.41, 5.74) is 2.27. The molecule has 0 atom stereocenters. The molecule has 2 heterocycles. The second-order valence-corrected chi connectivity index (χ2v) is 2.97. The summed E-state index contributed by atoms with van der Waals surface area (Å²) in [4.78, 5) is 4.47. The third kappa shape index (κ3) is 1.81. The highest BCUT2D eigenvalue weighted by atomic mass is 15.0. The Morgan fingerprint density at radius 1 is 1.00 bits per heavy atom. The fourth-order valence-corrected chi connectivity index (χ4v) is 1.34. The molecule has 1 aromatic rings. The molecule has 0 aromatic carbocycles. The van der Waals surface area contributed by atoms with Gasteiger partial charge in [-0.25, -0.2) is 0 Å². The Bertz CT molecular complexity index is 236. The lowest BCUT2D eigenvalue weighted by Crippen LogP contribution is -2.25. The van der Waals surface area contributed by atoms with Gasteiger partial charge in [0, 0.05) is 26.2 Å². The molecule has 0 saturated heterocycles. The Labute approximate surface area is 72.2 Å². The molecule has 0 unspecified atom stereocenters. The molecule has 1 aromatic heterocycles. The molecule has 2 rings (SSSR count). The molecule has 3 nitrogen and oxygen atoms in total. The van der Waals surface area contributed by atoms with Crippen LogP contribution in [0.2, 0.25) is 0 Å². The van der Waals surface area contributed by atoms with Crippen LogP contribution >= 0.6 is 0 Å².